The van der Waals surface area contributed by atoms with Gasteiger partial charge in [0.1, 0.15) is 0 Å². The normalized spacial score (nSPS) is 20.9. The Morgan fingerprint density at radius 2 is 1.52 bits per heavy atom. The Balaban J connectivity index is 1.95. The van der Waals surface area contributed by atoms with E-state index in [1.54, 1.807) is 0 Å². The first-order chi connectivity index (χ1) is 10.3. The molecule has 0 aliphatic heterocycles. The number of carbonyl (C=O) groups excluding carboxylic acids is 1. The van der Waals surface area contributed by atoms with Crippen molar-refractivity contribution >= 4 is 5.97 Å². The number of nitrogens with zero attached hydrogens (tertiary/aromatic N) is 1. The quantitative estimate of drug-likeness (QED) is 0.451. The van der Waals surface area contributed by atoms with Crippen LogP contribution < -0.4 is 0 Å². The summed E-state index contributed by atoms with van der Waals surface area (Å²) in [4.78, 5) is 14.0. The minimum Gasteiger partial charge on any atom is -0.456 e. The van der Waals surface area contributed by atoms with Crippen LogP contribution >= 0.6 is 0 Å². The molecule has 0 unspecified atom stereocenters. The van der Waals surface area contributed by atoms with E-state index >= 15 is 0 Å². The minimum absolute atomic E-state index is 0.385. The molecule has 21 heavy (non-hydrogen) atoms. The highest BCUT2D eigenvalue weighted by molar-refractivity contribution is 5.88. The van der Waals surface area contributed by atoms with Crippen molar-refractivity contribution in [2.24, 2.45) is 0 Å². The first-order valence-corrected chi connectivity index (χ1v) is 8.72. The Hall–Kier alpha value is -1.01. The molecule has 0 aromatic carbocycles. The topological polar surface area (TPSA) is 29.5 Å². The third-order valence-electron chi connectivity index (χ3n) is 4.81. The molecule has 2 saturated carbocycles. The van der Waals surface area contributed by atoms with E-state index < -0.39 is 0 Å². The molecule has 0 spiro atoms. The predicted molar refractivity (Wildman–Crippen MR) is 84.9 cm³/mol. The SMILES string of the molecule is CCOC(=O)C#CCN(C1CCCCC1)C1CCCCC1. The summed E-state index contributed by atoms with van der Waals surface area (Å²) >= 11 is 0. The molecule has 0 N–H and O–H groups in total. The maximum atomic E-state index is 11.4. The van der Waals surface area contributed by atoms with Crippen molar-refractivity contribution in [1.82, 2.24) is 4.90 Å². The van der Waals surface area contributed by atoms with Crippen molar-refractivity contribution in [3.63, 3.8) is 0 Å². The smallest absolute Gasteiger partial charge is 0.384 e. The first kappa shape index (κ1) is 16.4. The highest BCUT2D eigenvalue weighted by atomic mass is 16.5. The van der Waals surface area contributed by atoms with Crippen molar-refractivity contribution in [3.05, 3.63) is 0 Å². The van der Waals surface area contributed by atoms with Gasteiger partial charge in [-0.05, 0) is 32.6 Å². The van der Waals surface area contributed by atoms with E-state index in [1.165, 1.54) is 64.2 Å². The van der Waals surface area contributed by atoms with Crippen molar-refractivity contribution < 1.29 is 9.53 Å². The molecular formula is C18H29NO2. The monoisotopic (exact) mass is 291 g/mol. The number of hydrogen-bond acceptors (Lipinski definition) is 3. The lowest BCUT2D eigenvalue weighted by Gasteiger charge is -2.40. The van der Waals surface area contributed by atoms with Gasteiger partial charge in [0.25, 0.3) is 0 Å². The summed E-state index contributed by atoms with van der Waals surface area (Å²) < 4.78 is 4.88. The molecule has 0 radical (unpaired) electrons. The van der Waals surface area contributed by atoms with E-state index in [-0.39, 0.29) is 5.97 Å². The van der Waals surface area contributed by atoms with Gasteiger partial charge in [-0.1, -0.05) is 44.4 Å². The maximum absolute atomic E-state index is 11.4. The predicted octanol–water partition coefficient (Wildman–Crippen LogP) is 3.52. The van der Waals surface area contributed by atoms with Gasteiger partial charge in [0.05, 0.1) is 13.2 Å². The zero-order valence-corrected chi connectivity index (χ0v) is 13.4. The summed E-state index contributed by atoms with van der Waals surface area (Å²) in [5, 5.41) is 0. The molecule has 3 heteroatoms. The van der Waals surface area contributed by atoms with E-state index in [0.29, 0.717) is 18.7 Å². The van der Waals surface area contributed by atoms with Gasteiger partial charge in [-0.2, -0.15) is 0 Å². The largest absolute Gasteiger partial charge is 0.456 e. The van der Waals surface area contributed by atoms with Crippen LogP contribution in [0.25, 0.3) is 0 Å². The molecular weight excluding hydrogens is 262 g/mol. The van der Waals surface area contributed by atoms with Gasteiger partial charge in [-0.3, -0.25) is 4.90 Å². The van der Waals surface area contributed by atoms with Gasteiger partial charge >= 0.3 is 5.97 Å². The number of hydrogen-bond donors (Lipinski definition) is 0. The van der Waals surface area contributed by atoms with Crippen molar-refractivity contribution in [3.8, 4) is 11.8 Å². The molecule has 2 aliphatic rings. The van der Waals surface area contributed by atoms with Gasteiger partial charge in [0.2, 0.25) is 0 Å². The van der Waals surface area contributed by atoms with E-state index in [4.69, 9.17) is 4.74 Å². The zero-order chi connectivity index (χ0) is 14.9. The molecule has 2 aliphatic carbocycles. The van der Waals surface area contributed by atoms with Gasteiger partial charge in [-0.15, -0.1) is 0 Å². The molecule has 0 heterocycles. The van der Waals surface area contributed by atoms with Crippen LogP contribution in [0, 0.1) is 11.8 Å². The Morgan fingerprint density at radius 3 is 2.00 bits per heavy atom. The van der Waals surface area contributed by atoms with Gasteiger partial charge in [0.15, 0.2) is 0 Å². The number of ether oxygens (including phenoxy) is 1. The highest BCUT2D eigenvalue weighted by Crippen LogP contribution is 2.29. The fourth-order valence-electron chi connectivity index (χ4n) is 3.75. The molecule has 3 nitrogen and oxygen atoms in total. The number of carbonyl (C=O) groups is 1. The summed E-state index contributed by atoms with van der Waals surface area (Å²) in [7, 11) is 0. The Morgan fingerprint density at radius 1 is 1.00 bits per heavy atom. The van der Waals surface area contributed by atoms with Crippen molar-refractivity contribution in [1.29, 1.82) is 0 Å². The molecule has 0 bridgehead atoms. The first-order valence-electron chi connectivity index (χ1n) is 8.72. The highest BCUT2D eigenvalue weighted by Gasteiger charge is 2.28. The zero-order valence-electron chi connectivity index (χ0n) is 13.4. The molecule has 0 amide bonds. The fourth-order valence-corrected chi connectivity index (χ4v) is 3.75. The molecule has 0 atom stereocenters. The van der Waals surface area contributed by atoms with Gasteiger partial charge in [0, 0.05) is 18.0 Å². The molecule has 118 valence electrons. The summed E-state index contributed by atoms with van der Waals surface area (Å²) in [5.41, 5.74) is 0. The molecule has 2 rings (SSSR count). The van der Waals surface area contributed by atoms with Gasteiger partial charge < -0.3 is 4.74 Å². The van der Waals surface area contributed by atoms with Crippen LogP contribution in [0.1, 0.15) is 71.1 Å². The Bertz CT molecular complexity index is 352. The fraction of sp³-hybridized carbons (Fsp3) is 0.833. The third-order valence-corrected chi connectivity index (χ3v) is 4.81. The second kappa shape index (κ2) is 9.10. The number of esters is 1. The Labute approximate surface area is 129 Å². The van der Waals surface area contributed by atoms with E-state index in [1.807, 2.05) is 6.92 Å². The van der Waals surface area contributed by atoms with Crippen LogP contribution in [-0.4, -0.2) is 36.1 Å². The van der Waals surface area contributed by atoms with Crippen LogP contribution in [0.4, 0.5) is 0 Å². The van der Waals surface area contributed by atoms with Crippen molar-refractivity contribution in [2.45, 2.75) is 83.2 Å². The lowest BCUT2D eigenvalue weighted by atomic mass is 9.88. The van der Waals surface area contributed by atoms with Crippen LogP contribution in [0.5, 0.6) is 0 Å². The van der Waals surface area contributed by atoms with Crippen molar-refractivity contribution in [2.75, 3.05) is 13.2 Å². The summed E-state index contributed by atoms with van der Waals surface area (Å²) in [6.07, 6.45) is 13.4. The summed E-state index contributed by atoms with van der Waals surface area (Å²) in [5.74, 6) is 5.32. The summed E-state index contributed by atoms with van der Waals surface area (Å²) in [6, 6.07) is 1.36. The van der Waals surface area contributed by atoms with E-state index in [9.17, 15) is 4.79 Å². The van der Waals surface area contributed by atoms with Crippen LogP contribution in [-0.2, 0) is 9.53 Å². The molecule has 0 aromatic heterocycles. The number of rotatable bonds is 4. The second-order valence-corrected chi connectivity index (χ2v) is 6.28. The van der Waals surface area contributed by atoms with Gasteiger partial charge in [-0.25, -0.2) is 4.79 Å². The maximum Gasteiger partial charge on any atom is 0.384 e. The average Bonchev–Trinajstić information content (AvgIpc) is 2.53. The average molecular weight is 291 g/mol. The van der Waals surface area contributed by atoms with E-state index in [0.717, 1.165) is 6.54 Å². The molecule has 0 aromatic rings. The van der Waals surface area contributed by atoms with Crippen LogP contribution in [0.2, 0.25) is 0 Å². The third kappa shape index (κ3) is 5.36. The van der Waals surface area contributed by atoms with Crippen LogP contribution in [0.3, 0.4) is 0 Å². The molecule has 2 fully saturated rings. The lowest BCUT2D eigenvalue weighted by molar-refractivity contribution is -0.136. The molecule has 0 saturated heterocycles. The van der Waals surface area contributed by atoms with Crippen LogP contribution in [0.15, 0.2) is 0 Å². The lowest BCUT2D eigenvalue weighted by Crippen LogP contribution is -2.45. The second-order valence-electron chi connectivity index (χ2n) is 6.28. The standard InChI is InChI=1S/C18H29NO2/c1-2-21-18(20)14-9-15-19(16-10-5-3-6-11-16)17-12-7-4-8-13-17/h16-17H,2-8,10-13,15H2,1H3. The minimum atomic E-state index is -0.385. The Kier molecular flexibility index (Phi) is 7.09. The van der Waals surface area contributed by atoms with E-state index in [2.05, 4.69) is 16.7 Å². The summed E-state index contributed by atoms with van der Waals surface area (Å²) in [6.45, 7) is 2.95.